The number of alkyl halides is 3. The van der Waals surface area contributed by atoms with Gasteiger partial charge in [-0.1, -0.05) is 18.5 Å². The Hall–Kier alpha value is -5.36. The fraction of sp³-hybridized carbons (Fsp3) is 0.343. The van der Waals surface area contributed by atoms with Crippen LogP contribution in [0.3, 0.4) is 0 Å². The van der Waals surface area contributed by atoms with Crippen molar-refractivity contribution in [2.45, 2.75) is 62.1 Å². The lowest BCUT2D eigenvalue weighted by Crippen LogP contribution is -2.46. The maximum Gasteiger partial charge on any atom is 0.416 e. The van der Waals surface area contributed by atoms with Gasteiger partial charge in [0.25, 0.3) is 11.5 Å². The van der Waals surface area contributed by atoms with E-state index in [9.17, 15) is 41.1 Å². The number of hydrogen-bond donors (Lipinski definition) is 2. The monoisotopic (exact) mass is 784 g/mol. The van der Waals surface area contributed by atoms with E-state index in [0.717, 1.165) is 22.9 Å². The number of aromatic hydroxyl groups is 1. The molecule has 0 unspecified atom stereocenters. The molecule has 19 heteroatoms. The van der Waals surface area contributed by atoms with E-state index in [1.165, 1.54) is 30.6 Å². The van der Waals surface area contributed by atoms with Crippen LogP contribution < -0.4 is 10.9 Å². The molecular formula is C35H32ClF3N8O6S. The van der Waals surface area contributed by atoms with Gasteiger partial charge in [0.2, 0.25) is 11.7 Å². The lowest BCUT2D eigenvalue weighted by Gasteiger charge is -2.39. The SMILES string of the molecule is Cc1ncnc(C(=O)N2CCC3(CC2)C[C@@H](C)c2c3c(=O)n3nc(-c4ccc(S(C)(=O)=O)cc4)nc3n2CC(=O)Nc2ccc(C(F)(F)F)cc2Cl)c1O. The van der Waals surface area contributed by atoms with Crippen LogP contribution >= 0.6 is 11.6 Å². The van der Waals surface area contributed by atoms with Gasteiger partial charge in [-0.05, 0) is 74.6 Å². The zero-order valence-electron chi connectivity index (χ0n) is 29.0. The van der Waals surface area contributed by atoms with Gasteiger partial charge < -0.3 is 19.9 Å². The molecule has 1 saturated heterocycles. The average Bonchev–Trinajstić information content (AvgIpc) is 3.68. The predicted octanol–water partition coefficient (Wildman–Crippen LogP) is 4.76. The minimum Gasteiger partial charge on any atom is -0.504 e. The van der Waals surface area contributed by atoms with E-state index in [2.05, 4.69) is 25.4 Å². The van der Waals surface area contributed by atoms with E-state index in [4.69, 9.17) is 11.6 Å². The number of aromatic nitrogens is 6. The van der Waals surface area contributed by atoms with Gasteiger partial charge in [0, 0.05) is 41.6 Å². The average molecular weight is 785 g/mol. The Kier molecular flexibility index (Phi) is 9.03. The summed E-state index contributed by atoms with van der Waals surface area (Å²) in [6.45, 7) is 3.50. The van der Waals surface area contributed by atoms with Crippen LogP contribution in [-0.2, 0) is 32.8 Å². The molecule has 1 aliphatic heterocycles. The molecule has 14 nitrogen and oxygen atoms in total. The molecule has 0 radical (unpaired) electrons. The zero-order chi connectivity index (χ0) is 38.9. The van der Waals surface area contributed by atoms with Crippen molar-refractivity contribution in [1.82, 2.24) is 34.0 Å². The number of likely N-dealkylation sites (tertiary alicyclic amines) is 1. The Bertz CT molecular complexity index is 2530. The summed E-state index contributed by atoms with van der Waals surface area (Å²) in [6, 6.07) is 8.34. The minimum atomic E-state index is -4.64. The highest BCUT2D eigenvalue weighted by Gasteiger charge is 2.49. The summed E-state index contributed by atoms with van der Waals surface area (Å²) in [5.41, 5.74) is -0.785. The summed E-state index contributed by atoms with van der Waals surface area (Å²) >= 11 is 6.14. The minimum absolute atomic E-state index is 0.0146. The van der Waals surface area contributed by atoms with Crippen LogP contribution in [0.5, 0.6) is 5.75 Å². The Balaban J connectivity index is 1.29. The van der Waals surface area contributed by atoms with Gasteiger partial charge >= 0.3 is 6.18 Å². The Morgan fingerprint density at radius 3 is 2.41 bits per heavy atom. The molecule has 282 valence electrons. The summed E-state index contributed by atoms with van der Waals surface area (Å²) < 4.78 is 66.6. The van der Waals surface area contributed by atoms with Gasteiger partial charge in [0.1, 0.15) is 12.9 Å². The van der Waals surface area contributed by atoms with Crippen LogP contribution in [0.25, 0.3) is 17.2 Å². The molecule has 0 saturated carbocycles. The van der Waals surface area contributed by atoms with Crippen LogP contribution in [0.2, 0.25) is 5.02 Å². The molecule has 2 aliphatic rings. The zero-order valence-corrected chi connectivity index (χ0v) is 30.6. The van der Waals surface area contributed by atoms with Crippen LogP contribution in [0.15, 0.2) is 58.5 Å². The van der Waals surface area contributed by atoms with E-state index in [-0.39, 0.29) is 63.4 Å². The van der Waals surface area contributed by atoms with E-state index in [0.29, 0.717) is 42.1 Å². The van der Waals surface area contributed by atoms with Crippen molar-refractivity contribution in [2.75, 3.05) is 24.7 Å². The first-order valence-corrected chi connectivity index (χ1v) is 19.0. The molecule has 5 aromatic rings. The maximum atomic E-state index is 14.5. The Morgan fingerprint density at radius 1 is 1.09 bits per heavy atom. The third kappa shape index (κ3) is 6.46. The first-order valence-electron chi connectivity index (χ1n) is 16.7. The second kappa shape index (κ2) is 13.2. The van der Waals surface area contributed by atoms with Gasteiger partial charge in [0.15, 0.2) is 27.1 Å². The molecule has 0 bridgehead atoms. The second-order valence-corrected chi connectivity index (χ2v) is 16.1. The number of benzene rings is 2. The fourth-order valence-electron chi connectivity index (χ4n) is 7.49. The lowest BCUT2D eigenvalue weighted by atomic mass is 9.73. The Labute approximate surface area is 310 Å². The number of anilines is 1. The number of fused-ring (bicyclic) bond motifs is 3. The van der Waals surface area contributed by atoms with Gasteiger partial charge in [-0.2, -0.15) is 22.7 Å². The number of halogens is 4. The summed E-state index contributed by atoms with van der Waals surface area (Å²) in [5, 5.41) is 17.2. The number of aryl methyl sites for hydroxylation is 1. The number of amides is 2. The number of rotatable bonds is 6. The second-order valence-electron chi connectivity index (χ2n) is 13.7. The number of nitrogens with one attached hydrogen (secondary N) is 1. The van der Waals surface area contributed by atoms with Crippen molar-refractivity contribution in [2.24, 2.45) is 0 Å². The highest BCUT2D eigenvalue weighted by Crippen LogP contribution is 2.50. The van der Waals surface area contributed by atoms with Crippen LogP contribution in [-0.4, -0.2) is 78.7 Å². The number of carbonyl (C=O) groups is 2. The molecule has 2 amide bonds. The highest BCUT2D eigenvalue weighted by molar-refractivity contribution is 7.90. The van der Waals surface area contributed by atoms with Crippen molar-refractivity contribution >= 4 is 44.7 Å². The first-order chi connectivity index (χ1) is 25.4. The van der Waals surface area contributed by atoms with Gasteiger partial charge in [-0.3, -0.25) is 14.4 Å². The molecule has 7 rings (SSSR count). The normalized spacial score (nSPS) is 16.9. The summed E-state index contributed by atoms with van der Waals surface area (Å²) in [7, 11) is -3.50. The number of hydrogen-bond acceptors (Lipinski definition) is 10. The molecule has 2 aromatic carbocycles. The van der Waals surface area contributed by atoms with Crippen molar-refractivity contribution in [1.29, 1.82) is 0 Å². The molecule has 1 atom stereocenters. The third-order valence-corrected chi connectivity index (χ3v) is 11.5. The summed E-state index contributed by atoms with van der Waals surface area (Å²) in [4.78, 5) is 55.7. The van der Waals surface area contributed by atoms with Crippen molar-refractivity contribution < 1.29 is 36.3 Å². The first kappa shape index (κ1) is 37.0. The van der Waals surface area contributed by atoms with Gasteiger partial charge in [0.05, 0.1) is 26.9 Å². The number of nitrogens with zero attached hydrogens (tertiary/aromatic N) is 7. The molecule has 4 heterocycles. The largest absolute Gasteiger partial charge is 0.504 e. The summed E-state index contributed by atoms with van der Waals surface area (Å²) in [6.07, 6.45) is -1.15. The molecule has 54 heavy (non-hydrogen) atoms. The predicted molar refractivity (Wildman–Crippen MR) is 189 cm³/mol. The molecule has 1 fully saturated rings. The number of carbonyl (C=O) groups excluding carboxylic acids is 2. The van der Waals surface area contributed by atoms with Crippen molar-refractivity contribution in [3.63, 3.8) is 0 Å². The van der Waals surface area contributed by atoms with Crippen molar-refractivity contribution in [3.8, 4) is 17.1 Å². The lowest BCUT2D eigenvalue weighted by molar-refractivity contribution is -0.137. The fourth-order valence-corrected chi connectivity index (χ4v) is 8.35. The molecule has 2 N–H and O–H groups in total. The highest BCUT2D eigenvalue weighted by atomic mass is 35.5. The van der Waals surface area contributed by atoms with Crippen LogP contribution in [0.4, 0.5) is 18.9 Å². The standard InChI is InChI=1S/C35H32ClF3N8O6S/c1-18-15-34(10-12-45(13-11-34)32(51)27-29(49)19(2)40-17-41-27)26-28(18)46(16-25(48)42-24-9-6-21(14-23(24)36)35(37,38)39)33-43-30(44-47(33)31(26)50)20-4-7-22(8-5-20)54(3,52)53/h4-9,14,17-18,49H,10-13,15-16H2,1-3H3,(H,42,48)/t18-/m1/s1. The number of sulfone groups is 1. The van der Waals surface area contributed by atoms with E-state index in [1.54, 1.807) is 16.4 Å². The smallest absolute Gasteiger partial charge is 0.416 e. The third-order valence-electron chi connectivity index (χ3n) is 10.1. The molecular weight excluding hydrogens is 753 g/mol. The van der Waals surface area contributed by atoms with E-state index < -0.39 is 50.9 Å². The maximum absolute atomic E-state index is 14.5. The molecule has 1 spiro atoms. The molecule has 1 aliphatic carbocycles. The van der Waals surface area contributed by atoms with Gasteiger partial charge in [-0.15, -0.1) is 5.10 Å². The quantitative estimate of drug-likeness (QED) is 0.244. The molecule has 3 aromatic heterocycles. The van der Waals surface area contributed by atoms with Crippen LogP contribution in [0, 0.1) is 6.92 Å². The summed E-state index contributed by atoms with van der Waals surface area (Å²) in [5.74, 6) is -1.64. The Morgan fingerprint density at radius 2 is 1.78 bits per heavy atom. The van der Waals surface area contributed by atoms with E-state index >= 15 is 0 Å². The topological polar surface area (TPSA) is 182 Å². The van der Waals surface area contributed by atoms with E-state index in [1.807, 2.05) is 6.92 Å². The van der Waals surface area contributed by atoms with Gasteiger partial charge in [-0.25, -0.2) is 18.4 Å². The van der Waals surface area contributed by atoms with Crippen molar-refractivity contribution in [3.05, 3.63) is 92.4 Å². The van der Waals surface area contributed by atoms with Crippen LogP contribution in [0.1, 0.15) is 65.1 Å². The number of piperidine rings is 1.